The Morgan fingerprint density at radius 1 is 1.47 bits per heavy atom. The molecule has 0 saturated heterocycles. The third-order valence-corrected chi connectivity index (χ3v) is 3.31. The Balaban J connectivity index is 2.15. The van der Waals surface area contributed by atoms with E-state index in [1.54, 1.807) is 11.8 Å². The predicted molar refractivity (Wildman–Crippen MR) is 65.1 cm³/mol. The fourth-order valence-electron chi connectivity index (χ4n) is 1.47. The zero-order chi connectivity index (χ0) is 10.7. The third kappa shape index (κ3) is 2.52. The highest BCUT2D eigenvalue weighted by atomic mass is 32.2. The van der Waals surface area contributed by atoms with Crippen LogP contribution in [0.3, 0.4) is 0 Å². The second kappa shape index (κ2) is 4.68. The number of aromatic nitrogens is 2. The molecule has 0 fully saturated rings. The summed E-state index contributed by atoms with van der Waals surface area (Å²) in [5.41, 5.74) is 7.64. The van der Waals surface area contributed by atoms with E-state index < -0.39 is 0 Å². The van der Waals surface area contributed by atoms with Gasteiger partial charge in [-0.3, -0.25) is 0 Å². The number of para-hydroxylation sites is 2. The molecule has 2 rings (SSSR count). The van der Waals surface area contributed by atoms with E-state index in [1.165, 1.54) is 0 Å². The molecule has 0 spiro atoms. The van der Waals surface area contributed by atoms with Crippen LogP contribution in [-0.2, 0) is 0 Å². The molecule has 1 heterocycles. The number of imidazole rings is 1. The molecule has 0 bridgehead atoms. The van der Waals surface area contributed by atoms with Crippen LogP contribution in [0.5, 0.6) is 0 Å². The average molecular weight is 221 g/mol. The van der Waals surface area contributed by atoms with Crippen LogP contribution >= 0.6 is 11.8 Å². The summed E-state index contributed by atoms with van der Waals surface area (Å²) in [5.74, 6) is 0. The number of H-pyrrole nitrogens is 1. The predicted octanol–water partition coefficient (Wildman–Crippen LogP) is 2.39. The van der Waals surface area contributed by atoms with E-state index in [-0.39, 0.29) is 0 Å². The van der Waals surface area contributed by atoms with Crippen LogP contribution in [0.15, 0.2) is 29.4 Å². The van der Waals surface area contributed by atoms with Crippen molar-refractivity contribution in [2.45, 2.75) is 23.8 Å². The smallest absolute Gasteiger partial charge is 0.166 e. The van der Waals surface area contributed by atoms with Crippen LogP contribution in [0.25, 0.3) is 11.0 Å². The second-order valence-corrected chi connectivity index (χ2v) is 4.99. The van der Waals surface area contributed by atoms with Crippen LogP contribution in [0.4, 0.5) is 0 Å². The number of thioether (sulfide) groups is 1. The molecule has 2 aromatic rings. The van der Waals surface area contributed by atoms with Crippen molar-refractivity contribution in [3.63, 3.8) is 0 Å². The van der Waals surface area contributed by atoms with Gasteiger partial charge in [0.25, 0.3) is 0 Å². The first-order valence-electron chi connectivity index (χ1n) is 5.11. The van der Waals surface area contributed by atoms with Gasteiger partial charge in [0.2, 0.25) is 0 Å². The number of benzene rings is 1. The lowest BCUT2D eigenvalue weighted by molar-refractivity contribution is 0.819. The Labute approximate surface area is 93.5 Å². The third-order valence-electron chi connectivity index (χ3n) is 2.25. The quantitative estimate of drug-likeness (QED) is 0.779. The van der Waals surface area contributed by atoms with Gasteiger partial charge in [0.15, 0.2) is 5.16 Å². The van der Waals surface area contributed by atoms with E-state index in [2.05, 4.69) is 16.9 Å². The summed E-state index contributed by atoms with van der Waals surface area (Å²) in [6.45, 7) is 2.90. The number of nitrogens with zero attached hydrogens (tertiary/aromatic N) is 1. The monoisotopic (exact) mass is 221 g/mol. The average Bonchev–Trinajstić information content (AvgIpc) is 2.59. The van der Waals surface area contributed by atoms with Gasteiger partial charge in [0.1, 0.15) is 0 Å². The summed E-state index contributed by atoms with van der Waals surface area (Å²) >= 11 is 1.75. The first-order chi connectivity index (χ1) is 7.29. The van der Waals surface area contributed by atoms with Gasteiger partial charge in [-0.2, -0.15) is 0 Å². The van der Waals surface area contributed by atoms with E-state index in [0.717, 1.165) is 29.2 Å². The standard InChI is InChI=1S/C11H15N3S/c1-8(6-7-12)15-11-13-9-4-2-3-5-10(9)14-11/h2-5,8H,6-7,12H2,1H3,(H,13,14). The summed E-state index contributed by atoms with van der Waals surface area (Å²) < 4.78 is 0. The van der Waals surface area contributed by atoms with E-state index in [0.29, 0.717) is 5.25 Å². The molecule has 3 N–H and O–H groups in total. The molecular weight excluding hydrogens is 206 g/mol. The maximum Gasteiger partial charge on any atom is 0.166 e. The number of nitrogens with one attached hydrogen (secondary N) is 1. The first-order valence-corrected chi connectivity index (χ1v) is 5.99. The maximum absolute atomic E-state index is 5.51. The van der Waals surface area contributed by atoms with Crippen molar-refractivity contribution in [3.05, 3.63) is 24.3 Å². The Kier molecular flexibility index (Phi) is 3.28. The van der Waals surface area contributed by atoms with Crippen molar-refractivity contribution < 1.29 is 0 Å². The van der Waals surface area contributed by atoms with Gasteiger partial charge >= 0.3 is 0 Å². The second-order valence-electron chi connectivity index (χ2n) is 3.56. The van der Waals surface area contributed by atoms with Gasteiger partial charge in [-0.05, 0) is 25.1 Å². The largest absolute Gasteiger partial charge is 0.333 e. The van der Waals surface area contributed by atoms with Gasteiger partial charge in [0, 0.05) is 5.25 Å². The number of fused-ring (bicyclic) bond motifs is 1. The lowest BCUT2D eigenvalue weighted by Crippen LogP contribution is -2.06. The summed E-state index contributed by atoms with van der Waals surface area (Å²) in [6.07, 6.45) is 1.02. The Morgan fingerprint density at radius 2 is 2.27 bits per heavy atom. The lowest BCUT2D eigenvalue weighted by Gasteiger charge is -2.05. The zero-order valence-corrected chi connectivity index (χ0v) is 9.55. The normalized spacial score (nSPS) is 13.2. The fourth-order valence-corrected chi connectivity index (χ4v) is 2.42. The van der Waals surface area contributed by atoms with Gasteiger partial charge in [-0.1, -0.05) is 30.8 Å². The zero-order valence-electron chi connectivity index (χ0n) is 8.73. The first kappa shape index (κ1) is 10.5. The molecule has 0 aliphatic carbocycles. The SMILES string of the molecule is CC(CCN)Sc1nc2ccccc2[nH]1. The number of aromatic amines is 1. The van der Waals surface area contributed by atoms with Crippen LogP contribution in [-0.4, -0.2) is 21.8 Å². The molecule has 1 aromatic carbocycles. The fraction of sp³-hybridized carbons (Fsp3) is 0.364. The number of hydrogen-bond acceptors (Lipinski definition) is 3. The molecule has 1 unspecified atom stereocenters. The summed E-state index contributed by atoms with van der Waals surface area (Å²) in [4.78, 5) is 7.80. The van der Waals surface area contributed by atoms with Gasteiger partial charge in [-0.25, -0.2) is 4.98 Å². The molecular formula is C11H15N3S. The van der Waals surface area contributed by atoms with Gasteiger partial charge in [-0.15, -0.1) is 0 Å². The van der Waals surface area contributed by atoms with Crippen molar-refractivity contribution in [2.75, 3.05) is 6.54 Å². The van der Waals surface area contributed by atoms with E-state index in [1.807, 2.05) is 24.3 Å². The Morgan fingerprint density at radius 3 is 3.00 bits per heavy atom. The van der Waals surface area contributed by atoms with Crippen LogP contribution < -0.4 is 5.73 Å². The van der Waals surface area contributed by atoms with Crippen molar-refractivity contribution in [2.24, 2.45) is 5.73 Å². The summed E-state index contributed by atoms with van der Waals surface area (Å²) in [6, 6.07) is 8.07. The van der Waals surface area contributed by atoms with E-state index in [4.69, 9.17) is 5.73 Å². The molecule has 0 saturated carbocycles. The number of hydrogen-bond donors (Lipinski definition) is 2. The molecule has 0 radical (unpaired) electrons. The van der Waals surface area contributed by atoms with Crippen LogP contribution in [0.1, 0.15) is 13.3 Å². The number of rotatable bonds is 4. The van der Waals surface area contributed by atoms with Crippen molar-refractivity contribution in [1.29, 1.82) is 0 Å². The molecule has 0 aliphatic heterocycles. The molecule has 0 aliphatic rings. The Hall–Kier alpha value is -1.00. The Bertz CT molecular complexity index is 405. The lowest BCUT2D eigenvalue weighted by atomic mass is 10.3. The molecule has 3 nitrogen and oxygen atoms in total. The molecule has 0 amide bonds. The molecule has 1 aromatic heterocycles. The summed E-state index contributed by atoms with van der Waals surface area (Å²) in [7, 11) is 0. The highest BCUT2D eigenvalue weighted by molar-refractivity contribution is 7.99. The molecule has 15 heavy (non-hydrogen) atoms. The van der Waals surface area contributed by atoms with Gasteiger partial charge in [0.05, 0.1) is 11.0 Å². The van der Waals surface area contributed by atoms with Crippen molar-refractivity contribution in [3.8, 4) is 0 Å². The summed E-state index contributed by atoms with van der Waals surface area (Å²) in [5, 5.41) is 1.49. The van der Waals surface area contributed by atoms with E-state index in [9.17, 15) is 0 Å². The molecule has 4 heteroatoms. The van der Waals surface area contributed by atoms with Crippen LogP contribution in [0, 0.1) is 0 Å². The van der Waals surface area contributed by atoms with Crippen molar-refractivity contribution in [1.82, 2.24) is 9.97 Å². The minimum Gasteiger partial charge on any atom is -0.333 e. The topological polar surface area (TPSA) is 54.7 Å². The highest BCUT2D eigenvalue weighted by Crippen LogP contribution is 2.24. The molecule has 1 atom stereocenters. The molecule has 80 valence electrons. The van der Waals surface area contributed by atoms with Crippen LogP contribution in [0.2, 0.25) is 0 Å². The minimum atomic E-state index is 0.510. The van der Waals surface area contributed by atoms with Crippen molar-refractivity contribution >= 4 is 22.8 Å². The van der Waals surface area contributed by atoms with Gasteiger partial charge < -0.3 is 10.7 Å². The number of nitrogens with two attached hydrogens (primary N) is 1. The maximum atomic E-state index is 5.51. The van der Waals surface area contributed by atoms with E-state index >= 15 is 0 Å². The minimum absolute atomic E-state index is 0.510. The highest BCUT2D eigenvalue weighted by Gasteiger charge is 2.07.